The van der Waals surface area contributed by atoms with Crippen molar-refractivity contribution in [2.75, 3.05) is 39.4 Å². The number of hydrogen-bond acceptors (Lipinski definition) is 8. The third-order valence-electron chi connectivity index (χ3n) is 6.29. The Balaban J connectivity index is 1.38. The Morgan fingerprint density at radius 1 is 1.12 bits per heavy atom. The minimum absolute atomic E-state index is 0.0546. The smallest absolute Gasteiger partial charge is 0.163 e. The van der Waals surface area contributed by atoms with E-state index in [2.05, 4.69) is 15.3 Å². The Morgan fingerprint density at radius 3 is 2.74 bits per heavy atom. The van der Waals surface area contributed by atoms with Crippen molar-refractivity contribution in [3.05, 3.63) is 41.4 Å². The Bertz CT molecular complexity index is 1220. The summed E-state index contributed by atoms with van der Waals surface area (Å²) >= 11 is 6.18. The first-order chi connectivity index (χ1) is 16.5. The SMILES string of the molecule is Bc1cc(F)c(Nc2ncnc3cc(OCC4CO[C@@H]5[C@@H](OC)CO[C@H]45)c(OC)cc23)cc1Cl. The van der Waals surface area contributed by atoms with E-state index in [-0.39, 0.29) is 29.9 Å². The van der Waals surface area contributed by atoms with Gasteiger partial charge in [0.15, 0.2) is 11.5 Å². The Kier molecular flexibility index (Phi) is 6.48. The summed E-state index contributed by atoms with van der Waals surface area (Å²) in [5.74, 6) is 1.11. The van der Waals surface area contributed by atoms with E-state index >= 15 is 0 Å². The zero-order valence-corrected chi connectivity index (χ0v) is 19.8. The number of methoxy groups -OCH3 is 2. The molecule has 2 aliphatic rings. The predicted octanol–water partition coefficient (Wildman–Crippen LogP) is 2.24. The van der Waals surface area contributed by atoms with Gasteiger partial charge in [0.25, 0.3) is 0 Å². The molecule has 0 aliphatic carbocycles. The number of halogens is 2. The predicted molar refractivity (Wildman–Crippen MR) is 128 cm³/mol. The average molecular weight is 488 g/mol. The van der Waals surface area contributed by atoms with Crippen molar-refractivity contribution in [1.82, 2.24) is 9.97 Å². The van der Waals surface area contributed by atoms with Crippen molar-refractivity contribution in [1.29, 1.82) is 0 Å². The van der Waals surface area contributed by atoms with Crippen molar-refractivity contribution < 1.29 is 28.1 Å². The van der Waals surface area contributed by atoms with Crippen LogP contribution < -0.4 is 20.3 Å². The summed E-state index contributed by atoms with van der Waals surface area (Å²) in [5, 5.41) is 4.12. The molecule has 11 heteroatoms. The van der Waals surface area contributed by atoms with Crippen LogP contribution in [0, 0.1) is 11.7 Å². The van der Waals surface area contributed by atoms with E-state index in [9.17, 15) is 4.39 Å². The number of aromatic nitrogens is 2. The van der Waals surface area contributed by atoms with Gasteiger partial charge in [-0.1, -0.05) is 17.1 Å². The molecule has 1 unspecified atom stereocenters. The molecule has 0 saturated carbocycles. The molecular formula is C23H24BClFN3O5. The van der Waals surface area contributed by atoms with Gasteiger partial charge < -0.3 is 29.0 Å². The first kappa shape index (κ1) is 23.1. The van der Waals surface area contributed by atoms with E-state index < -0.39 is 5.82 Å². The van der Waals surface area contributed by atoms with Gasteiger partial charge >= 0.3 is 0 Å². The highest BCUT2D eigenvalue weighted by atomic mass is 35.5. The minimum Gasteiger partial charge on any atom is -0.493 e. The molecule has 8 nitrogen and oxygen atoms in total. The van der Waals surface area contributed by atoms with Crippen molar-refractivity contribution in [2.24, 2.45) is 5.92 Å². The topological polar surface area (TPSA) is 84.0 Å². The summed E-state index contributed by atoms with van der Waals surface area (Å²) in [6.07, 6.45) is 1.21. The molecule has 3 aromatic rings. The van der Waals surface area contributed by atoms with Crippen LogP contribution in [0.4, 0.5) is 15.9 Å². The van der Waals surface area contributed by atoms with Gasteiger partial charge in [-0.3, -0.25) is 0 Å². The lowest BCUT2D eigenvalue weighted by atomic mass is 9.96. The first-order valence-electron chi connectivity index (χ1n) is 10.9. The quantitative estimate of drug-likeness (QED) is 0.508. The molecule has 0 amide bonds. The third-order valence-corrected chi connectivity index (χ3v) is 6.70. The first-order valence-corrected chi connectivity index (χ1v) is 11.3. The lowest BCUT2D eigenvalue weighted by Gasteiger charge is -2.18. The highest BCUT2D eigenvalue weighted by Gasteiger charge is 2.48. The van der Waals surface area contributed by atoms with Gasteiger partial charge in [0.2, 0.25) is 0 Å². The molecule has 0 spiro atoms. The molecule has 1 aromatic heterocycles. The van der Waals surface area contributed by atoms with E-state index in [1.165, 1.54) is 18.5 Å². The van der Waals surface area contributed by atoms with Gasteiger partial charge in [-0.25, -0.2) is 14.4 Å². The molecule has 34 heavy (non-hydrogen) atoms. The van der Waals surface area contributed by atoms with Crippen LogP contribution in [-0.4, -0.2) is 70.2 Å². The highest BCUT2D eigenvalue weighted by Crippen LogP contribution is 2.37. The molecule has 2 saturated heterocycles. The van der Waals surface area contributed by atoms with Gasteiger partial charge in [-0.2, -0.15) is 0 Å². The molecule has 2 aromatic carbocycles. The van der Waals surface area contributed by atoms with E-state index in [0.717, 1.165) is 0 Å². The van der Waals surface area contributed by atoms with Crippen molar-refractivity contribution in [3.63, 3.8) is 0 Å². The molecule has 0 bridgehead atoms. The van der Waals surface area contributed by atoms with Crippen LogP contribution in [-0.2, 0) is 14.2 Å². The summed E-state index contributed by atoms with van der Waals surface area (Å²) in [7, 11) is 4.97. The van der Waals surface area contributed by atoms with Crippen LogP contribution in [0.2, 0.25) is 5.02 Å². The molecule has 1 N–H and O–H groups in total. The highest BCUT2D eigenvalue weighted by molar-refractivity contribution is 6.45. The van der Waals surface area contributed by atoms with E-state index in [1.54, 1.807) is 34.2 Å². The second-order valence-corrected chi connectivity index (χ2v) is 8.80. The van der Waals surface area contributed by atoms with Gasteiger partial charge in [0.1, 0.15) is 38.0 Å². The average Bonchev–Trinajstić information content (AvgIpc) is 3.43. The third kappa shape index (κ3) is 4.27. The zero-order chi connectivity index (χ0) is 23.8. The second-order valence-electron chi connectivity index (χ2n) is 8.39. The summed E-state index contributed by atoms with van der Waals surface area (Å²) < 4.78 is 43.3. The number of fused-ring (bicyclic) bond motifs is 2. The van der Waals surface area contributed by atoms with Crippen LogP contribution in [0.15, 0.2) is 30.6 Å². The van der Waals surface area contributed by atoms with Crippen LogP contribution in [0.3, 0.4) is 0 Å². The van der Waals surface area contributed by atoms with Crippen LogP contribution in [0.25, 0.3) is 10.9 Å². The maximum absolute atomic E-state index is 14.5. The zero-order valence-electron chi connectivity index (χ0n) is 19.0. The second kappa shape index (κ2) is 9.54. The van der Waals surface area contributed by atoms with Crippen LogP contribution in [0.1, 0.15) is 0 Å². The van der Waals surface area contributed by atoms with Gasteiger partial charge in [-0.15, -0.1) is 0 Å². The number of nitrogens with zero attached hydrogens (tertiary/aromatic N) is 2. The Hall–Kier alpha value is -2.66. The number of nitrogens with one attached hydrogen (secondary N) is 1. The van der Waals surface area contributed by atoms with E-state index in [1.807, 2.05) is 0 Å². The molecular weight excluding hydrogens is 464 g/mol. The minimum atomic E-state index is -0.428. The van der Waals surface area contributed by atoms with Crippen LogP contribution in [0.5, 0.6) is 11.5 Å². The fraction of sp³-hybridized carbons (Fsp3) is 0.391. The largest absolute Gasteiger partial charge is 0.493 e. The van der Waals surface area contributed by atoms with Gasteiger partial charge in [0.05, 0.1) is 44.2 Å². The van der Waals surface area contributed by atoms with Crippen molar-refractivity contribution in [2.45, 2.75) is 18.3 Å². The Labute approximate surface area is 202 Å². The number of rotatable bonds is 7. The fourth-order valence-electron chi connectivity index (χ4n) is 4.39. The van der Waals surface area contributed by atoms with Crippen molar-refractivity contribution in [3.8, 4) is 11.5 Å². The standard InChI is InChI=1S/C23H24BClFN3O5/c1-30-18-3-12-16(27-10-28-23(12)29-17-5-14(25)13(24)4-15(17)26)6-19(18)32-7-11-8-33-22-20(31-2)9-34-21(11)22/h3-6,10-11,20-22H,7-9,24H2,1-2H3,(H,27,28,29)/t11?,20-,21+,22+/m0/s1. The number of hydrogen-bond donors (Lipinski definition) is 1. The summed E-state index contributed by atoms with van der Waals surface area (Å²) in [4.78, 5) is 8.64. The maximum Gasteiger partial charge on any atom is 0.163 e. The fourth-order valence-corrected chi connectivity index (χ4v) is 4.55. The van der Waals surface area contributed by atoms with Crippen LogP contribution >= 0.6 is 11.6 Å². The van der Waals surface area contributed by atoms with Crippen molar-refractivity contribution >= 4 is 47.3 Å². The van der Waals surface area contributed by atoms with Gasteiger partial charge in [-0.05, 0) is 18.2 Å². The molecule has 3 heterocycles. The Morgan fingerprint density at radius 2 is 1.94 bits per heavy atom. The monoisotopic (exact) mass is 487 g/mol. The molecule has 4 atom stereocenters. The molecule has 5 rings (SSSR count). The summed E-state index contributed by atoms with van der Waals surface area (Å²) in [5.41, 5.74) is 1.49. The maximum atomic E-state index is 14.5. The number of anilines is 2. The molecule has 2 fully saturated rings. The normalized spacial score (nSPS) is 23.8. The molecule has 178 valence electrons. The lowest BCUT2D eigenvalue weighted by molar-refractivity contribution is -0.0104. The molecule has 2 aliphatic heterocycles. The number of ether oxygens (including phenoxy) is 5. The van der Waals surface area contributed by atoms with E-state index in [0.29, 0.717) is 58.5 Å². The summed E-state index contributed by atoms with van der Waals surface area (Å²) in [6, 6.07) is 6.45. The number of benzene rings is 2. The lowest BCUT2D eigenvalue weighted by Crippen LogP contribution is -2.32. The summed E-state index contributed by atoms with van der Waals surface area (Å²) in [6.45, 7) is 1.44. The van der Waals surface area contributed by atoms with E-state index in [4.69, 9.17) is 35.3 Å². The van der Waals surface area contributed by atoms with Gasteiger partial charge in [0, 0.05) is 29.5 Å². The molecule has 0 radical (unpaired) electrons.